The number of nitrogens with two attached hydrogens (primary N) is 2. The van der Waals surface area contributed by atoms with Crippen LogP contribution in [0.3, 0.4) is 0 Å². The van der Waals surface area contributed by atoms with Crippen LogP contribution < -0.4 is 21.5 Å². The van der Waals surface area contributed by atoms with E-state index in [1.165, 1.54) is 42.5 Å². The van der Waals surface area contributed by atoms with Crippen molar-refractivity contribution < 1.29 is 22.0 Å². The summed E-state index contributed by atoms with van der Waals surface area (Å²) in [6.07, 6.45) is 1.20. The Morgan fingerprint density at radius 2 is 1.83 bits per heavy atom. The molecule has 2 aromatic heterocycles. The molecule has 14 heteroatoms. The van der Waals surface area contributed by atoms with E-state index in [1.807, 2.05) is 0 Å². The van der Waals surface area contributed by atoms with Crippen molar-refractivity contribution >= 4 is 38.5 Å². The summed E-state index contributed by atoms with van der Waals surface area (Å²) in [5, 5.41) is 5.47. The number of anilines is 2. The molecule has 1 aliphatic rings. The van der Waals surface area contributed by atoms with Crippen molar-refractivity contribution in [1.29, 1.82) is 0 Å². The fraction of sp³-hybridized carbons (Fsp3) is 0.185. The second kappa shape index (κ2) is 10.4. The molecule has 4 aromatic rings. The van der Waals surface area contributed by atoms with Crippen LogP contribution in [-0.4, -0.2) is 59.4 Å². The molecule has 0 spiro atoms. The lowest BCUT2D eigenvalue weighted by molar-refractivity contribution is -0.126. The van der Waals surface area contributed by atoms with Gasteiger partial charge in [0.05, 0.1) is 16.6 Å². The normalized spacial score (nSPS) is 15.8. The Bertz CT molecular complexity index is 1870. The van der Waals surface area contributed by atoms with Crippen LogP contribution in [-0.2, 0) is 14.8 Å². The standard InChI is InChI=1S/C27H25F2N7O4S/c1-3-22(37)34-11-12-35(15(2)14-34)25-16-13-18(29)24(23-17(28)7-6-8-19(23)30)32-26(16)36(27(38)33-25)20-9-4-5-10-21(20)41(31,39)40/h3-10,13,15H,1,11-12,14,30H2,2H3,(H2,31,39,40)/t15-/m0/s1. The minimum absolute atomic E-state index is 0.0420. The van der Waals surface area contributed by atoms with E-state index < -0.39 is 37.9 Å². The number of piperazine rings is 1. The number of nitrogen functional groups attached to an aromatic ring is 1. The monoisotopic (exact) mass is 581 g/mol. The van der Waals surface area contributed by atoms with E-state index in [-0.39, 0.29) is 65.4 Å². The Morgan fingerprint density at radius 1 is 1.10 bits per heavy atom. The number of nitrogens with zero attached hydrogens (tertiary/aromatic N) is 5. The number of carbonyl (C=O) groups is 1. The minimum Gasteiger partial charge on any atom is -0.398 e. The van der Waals surface area contributed by atoms with Gasteiger partial charge in [0, 0.05) is 31.4 Å². The molecule has 1 saturated heterocycles. The van der Waals surface area contributed by atoms with E-state index >= 15 is 4.39 Å². The van der Waals surface area contributed by atoms with Crippen LogP contribution in [0.2, 0.25) is 0 Å². The number of para-hydroxylation sites is 1. The minimum atomic E-state index is -4.33. The van der Waals surface area contributed by atoms with Gasteiger partial charge < -0.3 is 15.5 Å². The van der Waals surface area contributed by atoms with Gasteiger partial charge in [0.2, 0.25) is 15.9 Å². The quantitative estimate of drug-likeness (QED) is 0.268. The van der Waals surface area contributed by atoms with Crippen molar-refractivity contribution in [1.82, 2.24) is 19.4 Å². The van der Waals surface area contributed by atoms with Crippen molar-refractivity contribution in [3.63, 3.8) is 0 Å². The molecule has 0 unspecified atom stereocenters. The molecule has 1 fully saturated rings. The number of hydrogen-bond acceptors (Lipinski definition) is 8. The number of pyridine rings is 1. The van der Waals surface area contributed by atoms with Crippen LogP contribution >= 0.6 is 0 Å². The lowest BCUT2D eigenvalue weighted by atomic mass is 10.1. The SMILES string of the molecule is C=CC(=O)N1CCN(c2nc(=O)n(-c3ccccc3S(N)(=O)=O)c3nc(-c4c(N)cccc4F)c(F)cc23)[C@@H](C)C1. The molecule has 11 nitrogen and oxygen atoms in total. The Kier molecular flexibility index (Phi) is 7.05. The molecule has 2 aromatic carbocycles. The van der Waals surface area contributed by atoms with Crippen molar-refractivity contribution in [2.75, 3.05) is 30.3 Å². The molecule has 1 amide bonds. The fourth-order valence-corrected chi connectivity index (χ4v) is 5.71. The number of benzene rings is 2. The van der Waals surface area contributed by atoms with Crippen LogP contribution in [0.25, 0.3) is 28.0 Å². The van der Waals surface area contributed by atoms with Gasteiger partial charge in [-0.05, 0) is 43.3 Å². The molecular weight excluding hydrogens is 556 g/mol. The van der Waals surface area contributed by atoms with E-state index in [9.17, 15) is 22.4 Å². The topological polar surface area (TPSA) is 158 Å². The molecule has 5 rings (SSSR count). The molecule has 0 saturated carbocycles. The van der Waals surface area contributed by atoms with Gasteiger partial charge in [-0.2, -0.15) is 4.98 Å². The Hall–Kier alpha value is -4.69. The first-order valence-electron chi connectivity index (χ1n) is 12.4. The number of sulfonamides is 1. The lowest BCUT2D eigenvalue weighted by Gasteiger charge is -2.40. The fourth-order valence-electron chi connectivity index (χ4n) is 4.99. The number of hydrogen-bond donors (Lipinski definition) is 2. The van der Waals surface area contributed by atoms with Crippen molar-refractivity contribution in [2.45, 2.75) is 17.9 Å². The van der Waals surface area contributed by atoms with E-state index in [0.717, 1.165) is 16.7 Å². The summed E-state index contributed by atoms with van der Waals surface area (Å²) in [6.45, 7) is 6.09. The molecular formula is C27H25F2N7O4S. The van der Waals surface area contributed by atoms with Gasteiger partial charge in [-0.3, -0.25) is 4.79 Å². The summed E-state index contributed by atoms with van der Waals surface area (Å²) in [7, 11) is -4.33. The largest absolute Gasteiger partial charge is 0.398 e. The van der Waals surface area contributed by atoms with Crippen LogP contribution in [0, 0.1) is 11.6 Å². The van der Waals surface area contributed by atoms with Gasteiger partial charge in [0.15, 0.2) is 11.5 Å². The summed E-state index contributed by atoms with van der Waals surface area (Å²) in [5.41, 5.74) is 3.75. The predicted octanol–water partition coefficient (Wildman–Crippen LogP) is 2.18. The summed E-state index contributed by atoms with van der Waals surface area (Å²) in [5.74, 6) is -1.99. The zero-order chi connectivity index (χ0) is 29.6. The number of rotatable bonds is 5. The molecule has 41 heavy (non-hydrogen) atoms. The highest BCUT2D eigenvalue weighted by atomic mass is 32.2. The second-order valence-electron chi connectivity index (χ2n) is 9.49. The summed E-state index contributed by atoms with van der Waals surface area (Å²) in [6, 6.07) is 9.93. The van der Waals surface area contributed by atoms with Gasteiger partial charge in [-0.25, -0.2) is 36.7 Å². The maximum atomic E-state index is 15.7. The number of aromatic nitrogens is 3. The Morgan fingerprint density at radius 3 is 2.49 bits per heavy atom. The number of halogens is 2. The lowest BCUT2D eigenvalue weighted by Crippen LogP contribution is -2.54. The van der Waals surface area contributed by atoms with E-state index in [1.54, 1.807) is 16.7 Å². The van der Waals surface area contributed by atoms with Crippen LogP contribution in [0.1, 0.15) is 6.92 Å². The number of carbonyl (C=O) groups excluding carboxylic acids is 1. The highest BCUT2D eigenvalue weighted by Gasteiger charge is 2.31. The Labute approximate surface area is 233 Å². The first-order valence-corrected chi connectivity index (χ1v) is 13.9. The van der Waals surface area contributed by atoms with Crippen LogP contribution in [0.5, 0.6) is 0 Å². The average Bonchev–Trinajstić information content (AvgIpc) is 2.92. The second-order valence-corrected chi connectivity index (χ2v) is 11.0. The van der Waals surface area contributed by atoms with Gasteiger partial charge in [0.1, 0.15) is 22.2 Å². The number of primary sulfonamides is 1. The molecule has 1 atom stereocenters. The molecule has 0 aliphatic carbocycles. The predicted molar refractivity (Wildman–Crippen MR) is 150 cm³/mol. The first kappa shape index (κ1) is 27.9. The van der Waals surface area contributed by atoms with Gasteiger partial charge in [-0.1, -0.05) is 24.8 Å². The molecule has 3 heterocycles. The zero-order valence-electron chi connectivity index (χ0n) is 21.8. The summed E-state index contributed by atoms with van der Waals surface area (Å²) < 4.78 is 56.3. The molecule has 0 radical (unpaired) electrons. The number of fused-ring (bicyclic) bond motifs is 1. The molecule has 0 bridgehead atoms. The van der Waals surface area contributed by atoms with E-state index in [2.05, 4.69) is 16.5 Å². The third kappa shape index (κ3) is 4.91. The third-order valence-electron chi connectivity index (χ3n) is 6.88. The third-order valence-corrected chi connectivity index (χ3v) is 7.84. The van der Waals surface area contributed by atoms with E-state index in [0.29, 0.717) is 0 Å². The van der Waals surface area contributed by atoms with Crippen molar-refractivity contribution in [3.8, 4) is 16.9 Å². The average molecular weight is 582 g/mol. The van der Waals surface area contributed by atoms with Crippen LogP contribution in [0.4, 0.5) is 20.3 Å². The first-order chi connectivity index (χ1) is 19.4. The van der Waals surface area contributed by atoms with Crippen molar-refractivity contribution in [3.05, 3.63) is 83.3 Å². The highest BCUT2D eigenvalue weighted by Crippen LogP contribution is 2.35. The summed E-state index contributed by atoms with van der Waals surface area (Å²) >= 11 is 0. The van der Waals surface area contributed by atoms with Gasteiger partial charge >= 0.3 is 5.69 Å². The molecule has 4 N–H and O–H groups in total. The molecule has 212 valence electrons. The number of amides is 1. The zero-order valence-corrected chi connectivity index (χ0v) is 22.6. The van der Waals surface area contributed by atoms with Crippen molar-refractivity contribution in [2.24, 2.45) is 5.14 Å². The van der Waals surface area contributed by atoms with Crippen LogP contribution in [0.15, 0.2) is 70.9 Å². The maximum absolute atomic E-state index is 15.7. The summed E-state index contributed by atoms with van der Waals surface area (Å²) in [4.78, 5) is 37.3. The van der Waals surface area contributed by atoms with E-state index in [4.69, 9.17) is 10.9 Å². The van der Waals surface area contributed by atoms with Gasteiger partial charge in [-0.15, -0.1) is 0 Å². The smallest absolute Gasteiger partial charge is 0.355 e. The highest BCUT2D eigenvalue weighted by molar-refractivity contribution is 7.89. The van der Waals surface area contributed by atoms with Gasteiger partial charge in [0.25, 0.3) is 0 Å². The molecule has 1 aliphatic heterocycles. The maximum Gasteiger partial charge on any atom is 0.355 e. The Balaban J connectivity index is 1.83.